The maximum atomic E-state index is 13.3. The third-order valence-corrected chi connectivity index (χ3v) is 3.05. The summed E-state index contributed by atoms with van der Waals surface area (Å²) in [7, 11) is 0. The van der Waals surface area contributed by atoms with Crippen molar-refractivity contribution in [3.8, 4) is 0 Å². The van der Waals surface area contributed by atoms with Crippen molar-refractivity contribution < 1.29 is 13.2 Å². The quantitative estimate of drug-likeness (QED) is 0.667. The van der Waals surface area contributed by atoms with E-state index in [1.807, 2.05) is 0 Å². The maximum absolute atomic E-state index is 13.3. The van der Waals surface area contributed by atoms with E-state index in [2.05, 4.69) is 0 Å². The lowest BCUT2D eigenvalue weighted by Crippen LogP contribution is -1.77. The van der Waals surface area contributed by atoms with Gasteiger partial charge in [-0.1, -0.05) is 0 Å². The Labute approximate surface area is 83.0 Å². The number of thiophene rings is 1. The van der Waals surface area contributed by atoms with Gasteiger partial charge >= 0.3 is 0 Å². The molecule has 0 fully saturated rings. The van der Waals surface area contributed by atoms with Gasteiger partial charge < -0.3 is 0 Å². The molecule has 0 atom stereocenters. The number of fused-ring (bicyclic) bond motifs is 1. The van der Waals surface area contributed by atoms with Crippen LogP contribution in [0.3, 0.4) is 0 Å². The van der Waals surface area contributed by atoms with Crippen LogP contribution in [0.5, 0.6) is 0 Å². The van der Waals surface area contributed by atoms with Crippen LogP contribution >= 0.6 is 11.3 Å². The van der Waals surface area contributed by atoms with Gasteiger partial charge in [-0.3, -0.25) is 0 Å². The monoisotopic (exact) mass is 216 g/mol. The number of alkyl halides is 2. The van der Waals surface area contributed by atoms with Gasteiger partial charge in [0.2, 0.25) is 0 Å². The summed E-state index contributed by atoms with van der Waals surface area (Å²) < 4.78 is 38.5. The normalized spacial score (nSPS) is 11.5. The molecule has 0 nitrogen and oxygen atoms in total. The summed E-state index contributed by atoms with van der Waals surface area (Å²) in [4.78, 5) is -0.0792. The van der Waals surface area contributed by atoms with Crippen molar-refractivity contribution in [3.63, 3.8) is 0 Å². The van der Waals surface area contributed by atoms with E-state index < -0.39 is 12.2 Å². The Balaban J connectivity index is 2.70. The van der Waals surface area contributed by atoms with E-state index in [9.17, 15) is 13.2 Å². The SMILES string of the molecule is Cc1cc(F)c2cc(C(F)F)sc2c1. The summed E-state index contributed by atoms with van der Waals surface area (Å²) in [5.41, 5.74) is 0.748. The lowest BCUT2D eigenvalue weighted by atomic mass is 10.2. The highest BCUT2D eigenvalue weighted by atomic mass is 32.1. The first-order valence-electron chi connectivity index (χ1n) is 4.05. The summed E-state index contributed by atoms with van der Waals surface area (Å²) in [6.45, 7) is 1.74. The minimum atomic E-state index is -2.52. The summed E-state index contributed by atoms with van der Waals surface area (Å²) in [5.74, 6) is -0.428. The molecule has 74 valence electrons. The van der Waals surface area contributed by atoms with Crippen molar-refractivity contribution >= 4 is 21.4 Å². The Hall–Kier alpha value is -1.03. The molecule has 1 aromatic carbocycles. The lowest BCUT2D eigenvalue weighted by molar-refractivity contribution is 0.156. The van der Waals surface area contributed by atoms with Crippen LogP contribution in [0.25, 0.3) is 10.1 Å². The van der Waals surface area contributed by atoms with Gasteiger partial charge in [0, 0.05) is 10.1 Å². The number of halogens is 3. The minimum absolute atomic E-state index is 0.0792. The highest BCUT2D eigenvalue weighted by molar-refractivity contribution is 7.19. The van der Waals surface area contributed by atoms with Gasteiger partial charge in [0.05, 0.1) is 4.88 Å². The molecule has 1 heterocycles. The van der Waals surface area contributed by atoms with Crippen molar-refractivity contribution in [2.75, 3.05) is 0 Å². The molecular weight excluding hydrogens is 209 g/mol. The third kappa shape index (κ3) is 1.50. The lowest BCUT2D eigenvalue weighted by Gasteiger charge is -1.94. The molecule has 2 aromatic rings. The van der Waals surface area contributed by atoms with Crippen molar-refractivity contribution in [1.29, 1.82) is 0 Å². The second-order valence-electron chi connectivity index (χ2n) is 3.11. The number of hydrogen-bond acceptors (Lipinski definition) is 1. The molecule has 0 saturated heterocycles. The van der Waals surface area contributed by atoms with E-state index in [4.69, 9.17) is 0 Å². The number of rotatable bonds is 1. The molecule has 0 aliphatic heterocycles. The molecule has 4 heteroatoms. The average Bonchev–Trinajstić information content (AvgIpc) is 2.47. The molecule has 0 saturated carbocycles. The third-order valence-electron chi connectivity index (χ3n) is 1.97. The molecule has 0 amide bonds. The first-order valence-corrected chi connectivity index (χ1v) is 4.87. The number of aryl methyl sites for hydroxylation is 1. The van der Waals surface area contributed by atoms with Gasteiger partial charge in [-0.15, -0.1) is 11.3 Å². The zero-order chi connectivity index (χ0) is 10.3. The Kier molecular flexibility index (Phi) is 2.23. The molecule has 2 rings (SSSR count). The Morgan fingerprint density at radius 3 is 2.57 bits per heavy atom. The largest absolute Gasteiger partial charge is 0.272 e. The van der Waals surface area contributed by atoms with E-state index in [0.717, 1.165) is 16.9 Å². The van der Waals surface area contributed by atoms with Crippen LogP contribution in [0.2, 0.25) is 0 Å². The standard InChI is InChI=1S/C10H7F3S/c1-5-2-7(11)6-4-9(10(12)13)14-8(6)3-5/h2-4,10H,1H3. The fraction of sp³-hybridized carbons (Fsp3) is 0.200. The molecule has 0 radical (unpaired) electrons. The van der Waals surface area contributed by atoms with Crippen molar-refractivity contribution in [1.82, 2.24) is 0 Å². The Bertz CT molecular complexity index is 473. The van der Waals surface area contributed by atoms with Crippen LogP contribution in [0, 0.1) is 12.7 Å². The smallest absolute Gasteiger partial charge is 0.206 e. The number of hydrogen-bond donors (Lipinski definition) is 0. The second kappa shape index (κ2) is 3.28. The molecule has 0 aliphatic carbocycles. The first kappa shape index (κ1) is 9.52. The molecule has 0 unspecified atom stereocenters. The van der Waals surface area contributed by atoms with Gasteiger partial charge in [-0.2, -0.15) is 0 Å². The highest BCUT2D eigenvalue weighted by Crippen LogP contribution is 2.34. The van der Waals surface area contributed by atoms with Crippen LogP contribution in [0.15, 0.2) is 18.2 Å². The van der Waals surface area contributed by atoms with Gasteiger partial charge in [0.1, 0.15) is 5.82 Å². The second-order valence-corrected chi connectivity index (χ2v) is 4.22. The fourth-order valence-electron chi connectivity index (χ4n) is 1.35. The molecule has 0 N–H and O–H groups in total. The summed E-state index contributed by atoms with van der Waals surface area (Å²) in [6, 6.07) is 4.29. The topological polar surface area (TPSA) is 0 Å². The molecule has 14 heavy (non-hydrogen) atoms. The predicted octanol–water partition coefficient (Wildman–Crippen LogP) is 4.29. The summed E-state index contributed by atoms with van der Waals surface area (Å²) >= 11 is 0.944. The molecule has 1 aromatic heterocycles. The van der Waals surface area contributed by atoms with Crippen LogP contribution < -0.4 is 0 Å². The minimum Gasteiger partial charge on any atom is -0.206 e. The van der Waals surface area contributed by atoms with E-state index in [0.29, 0.717) is 4.70 Å². The first-order chi connectivity index (χ1) is 6.58. The van der Waals surface area contributed by atoms with E-state index in [1.165, 1.54) is 12.1 Å². The van der Waals surface area contributed by atoms with Crippen molar-refractivity contribution in [3.05, 3.63) is 34.5 Å². The van der Waals surface area contributed by atoms with E-state index in [-0.39, 0.29) is 10.3 Å². The van der Waals surface area contributed by atoms with E-state index in [1.54, 1.807) is 13.0 Å². The van der Waals surface area contributed by atoms with E-state index >= 15 is 0 Å². The molecular formula is C10H7F3S. The molecule has 0 aliphatic rings. The fourth-order valence-corrected chi connectivity index (χ4v) is 2.38. The van der Waals surface area contributed by atoms with Crippen molar-refractivity contribution in [2.45, 2.75) is 13.3 Å². The van der Waals surface area contributed by atoms with Crippen LogP contribution in [-0.2, 0) is 0 Å². The zero-order valence-electron chi connectivity index (χ0n) is 7.35. The van der Waals surface area contributed by atoms with Crippen LogP contribution in [0.1, 0.15) is 16.9 Å². The van der Waals surface area contributed by atoms with Gasteiger partial charge in [-0.05, 0) is 30.7 Å². The summed E-state index contributed by atoms with van der Waals surface area (Å²) in [5, 5.41) is 0.288. The average molecular weight is 216 g/mol. The van der Waals surface area contributed by atoms with Gasteiger partial charge in [-0.25, -0.2) is 13.2 Å². The highest BCUT2D eigenvalue weighted by Gasteiger charge is 2.13. The molecule has 0 spiro atoms. The Morgan fingerprint density at radius 2 is 1.93 bits per heavy atom. The Morgan fingerprint density at radius 1 is 1.21 bits per heavy atom. The van der Waals surface area contributed by atoms with Crippen molar-refractivity contribution in [2.24, 2.45) is 0 Å². The maximum Gasteiger partial charge on any atom is 0.272 e. The number of benzene rings is 1. The van der Waals surface area contributed by atoms with Crippen LogP contribution in [-0.4, -0.2) is 0 Å². The van der Waals surface area contributed by atoms with Gasteiger partial charge in [0.25, 0.3) is 6.43 Å². The van der Waals surface area contributed by atoms with Gasteiger partial charge in [0.15, 0.2) is 0 Å². The van der Waals surface area contributed by atoms with Crippen LogP contribution in [0.4, 0.5) is 13.2 Å². The summed E-state index contributed by atoms with van der Waals surface area (Å²) in [6.07, 6.45) is -2.52. The molecule has 0 bridgehead atoms. The predicted molar refractivity (Wildman–Crippen MR) is 51.5 cm³/mol. The zero-order valence-corrected chi connectivity index (χ0v) is 8.17.